The molecular weight excluding hydrogens is 240 g/mol. The molecule has 94 valence electrons. The minimum atomic E-state index is 0.329. The Hall–Kier alpha value is -1.15. The zero-order chi connectivity index (χ0) is 12.4. The molecule has 3 rings (SSSR count). The molecule has 1 aromatic heterocycles. The molecule has 1 heterocycles. The Morgan fingerprint density at radius 3 is 2.89 bits per heavy atom. The van der Waals surface area contributed by atoms with E-state index in [2.05, 4.69) is 17.5 Å². The number of hydrogen-bond acceptors (Lipinski definition) is 2. The summed E-state index contributed by atoms with van der Waals surface area (Å²) in [6, 6.07) is 8.15. The molecule has 2 aromatic rings. The van der Waals surface area contributed by atoms with E-state index in [-0.39, 0.29) is 0 Å². The average molecular weight is 258 g/mol. The van der Waals surface area contributed by atoms with Gasteiger partial charge in [0.25, 0.3) is 0 Å². The van der Waals surface area contributed by atoms with Crippen LogP contribution in [-0.4, -0.2) is 5.78 Å². The summed E-state index contributed by atoms with van der Waals surface area (Å²) in [7, 11) is 0. The molecule has 0 N–H and O–H groups in total. The first-order valence-corrected chi connectivity index (χ1v) is 7.72. The molecule has 0 radical (unpaired) electrons. The van der Waals surface area contributed by atoms with Crippen LogP contribution in [0, 0.1) is 5.92 Å². The molecule has 2 heteroatoms. The lowest BCUT2D eigenvalue weighted by molar-refractivity contribution is 0.0975. The van der Waals surface area contributed by atoms with Gasteiger partial charge < -0.3 is 0 Å². The van der Waals surface area contributed by atoms with E-state index in [1.165, 1.54) is 31.1 Å². The van der Waals surface area contributed by atoms with Crippen LogP contribution >= 0.6 is 11.3 Å². The first kappa shape index (κ1) is 11.9. The molecule has 18 heavy (non-hydrogen) atoms. The maximum atomic E-state index is 12.3. The van der Waals surface area contributed by atoms with Crippen molar-refractivity contribution in [3.8, 4) is 0 Å². The van der Waals surface area contributed by atoms with E-state index in [9.17, 15) is 4.79 Å². The van der Waals surface area contributed by atoms with Crippen molar-refractivity contribution >= 4 is 27.2 Å². The molecule has 0 amide bonds. The second kappa shape index (κ2) is 5.23. The van der Waals surface area contributed by atoms with Gasteiger partial charge in [-0.15, -0.1) is 11.3 Å². The lowest BCUT2D eigenvalue weighted by Gasteiger charge is -2.08. The number of ketones is 1. The summed E-state index contributed by atoms with van der Waals surface area (Å²) in [4.78, 5) is 12.3. The maximum Gasteiger partial charge on any atom is 0.164 e. The first-order valence-electron chi connectivity index (χ1n) is 6.84. The van der Waals surface area contributed by atoms with E-state index in [4.69, 9.17) is 0 Å². The molecule has 0 bridgehead atoms. The van der Waals surface area contributed by atoms with Crippen LogP contribution in [0.1, 0.15) is 48.9 Å². The fraction of sp³-hybridized carbons (Fsp3) is 0.438. The van der Waals surface area contributed by atoms with Crippen LogP contribution in [0.4, 0.5) is 0 Å². The van der Waals surface area contributed by atoms with E-state index in [1.54, 1.807) is 11.3 Å². The van der Waals surface area contributed by atoms with Crippen LogP contribution in [0.5, 0.6) is 0 Å². The van der Waals surface area contributed by atoms with Gasteiger partial charge in [-0.25, -0.2) is 0 Å². The summed E-state index contributed by atoms with van der Waals surface area (Å²) in [5.74, 6) is 1.13. The smallest absolute Gasteiger partial charge is 0.164 e. The summed E-state index contributed by atoms with van der Waals surface area (Å²) >= 11 is 1.68. The van der Waals surface area contributed by atoms with Gasteiger partial charge in [0.2, 0.25) is 0 Å². The minimum Gasteiger partial charge on any atom is -0.294 e. The third kappa shape index (κ3) is 2.35. The molecule has 0 atom stereocenters. The Morgan fingerprint density at radius 2 is 2.06 bits per heavy atom. The standard InChI is InChI=1S/C16H18OS/c17-15(9-8-12-4-1-2-5-12)14-7-3-6-13-10-11-18-16(13)14/h3,6-7,10-12H,1-2,4-5,8-9H2. The van der Waals surface area contributed by atoms with Gasteiger partial charge in [0.05, 0.1) is 0 Å². The SMILES string of the molecule is O=C(CCC1CCCC1)c1cccc2ccsc12. The molecule has 0 aliphatic heterocycles. The van der Waals surface area contributed by atoms with E-state index >= 15 is 0 Å². The van der Waals surface area contributed by atoms with Gasteiger partial charge in [0, 0.05) is 16.7 Å². The van der Waals surface area contributed by atoms with Gasteiger partial charge in [-0.1, -0.05) is 37.8 Å². The van der Waals surface area contributed by atoms with Crippen LogP contribution in [0.15, 0.2) is 29.6 Å². The van der Waals surface area contributed by atoms with Gasteiger partial charge >= 0.3 is 0 Å². The van der Waals surface area contributed by atoms with Crippen molar-refractivity contribution in [2.45, 2.75) is 38.5 Å². The van der Waals surface area contributed by atoms with Crippen LogP contribution in [0.3, 0.4) is 0 Å². The van der Waals surface area contributed by atoms with Crippen molar-refractivity contribution in [3.05, 3.63) is 35.2 Å². The van der Waals surface area contributed by atoms with Crippen LogP contribution < -0.4 is 0 Å². The van der Waals surface area contributed by atoms with Crippen LogP contribution in [0.25, 0.3) is 10.1 Å². The fourth-order valence-corrected chi connectivity index (χ4v) is 3.91. The van der Waals surface area contributed by atoms with Crippen molar-refractivity contribution in [2.75, 3.05) is 0 Å². The number of rotatable bonds is 4. The highest BCUT2D eigenvalue weighted by molar-refractivity contribution is 7.17. The van der Waals surface area contributed by atoms with Gasteiger partial charge in [0.15, 0.2) is 5.78 Å². The van der Waals surface area contributed by atoms with E-state index in [0.717, 1.165) is 29.0 Å². The van der Waals surface area contributed by atoms with E-state index in [1.807, 2.05) is 12.1 Å². The second-order valence-corrected chi connectivity index (χ2v) is 6.17. The minimum absolute atomic E-state index is 0.329. The number of hydrogen-bond donors (Lipinski definition) is 0. The summed E-state index contributed by atoms with van der Waals surface area (Å²) < 4.78 is 1.16. The highest BCUT2D eigenvalue weighted by atomic mass is 32.1. The van der Waals surface area contributed by atoms with Crippen molar-refractivity contribution in [2.24, 2.45) is 5.92 Å². The summed E-state index contributed by atoms with van der Waals surface area (Å²) in [6.07, 6.45) is 7.19. The lowest BCUT2D eigenvalue weighted by atomic mass is 9.97. The normalized spacial score (nSPS) is 16.4. The predicted molar refractivity (Wildman–Crippen MR) is 77.3 cm³/mol. The number of carbonyl (C=O) groups is 1. The maximum absolute atomic E-state index is 12.3. The summed E-state index contributed by atoms with van der Waals surface area (Å²) in [6.45, 7) is 0. The number of Topliss-reactive ketones (excluding diaryl/α,β-unsaturated/α-hetero) is 1. The van der Waals surface area contributed by atoms with Gasteiger partial charge in [-0.05, 0) is 35.2 Å². The lowest BCUT2D eigenvalue weighted by Crippen LogP contribution is -2.03. The van der Waals surface area contributed by atoms with Crippen molar-refractivity contribution in [1.82, 2.24) is 0 Å². The van der Waals surface area contributed by atoms with Crippen LogP contribution in [-0.2, 0) is 0 Å². The van der Waals surface area contributed by atoms with E-state index in [0.29, 0.717) is 5.78 Å². The Morgan fingerprint density at radius 1 is 1.22 bits per heavy atom. The quantitative estimate of drug-likeness (QED) is 0.701. The zero-order valence-corrected chi connectivity index (χ0v) is 11.3. The number of carbonyl (C=O) groups excluding carboxylic acids is 1. The van der Waals surface area contributed by atoms with Crippen molar-refractivity contribution in [1.29, 1.82) is 0 Å². The number of fused-ring (bicyclic) bond motifs is 1. The second-order valence-electron chi connectivity index (χ2n) is 5.26. The Labute approximate surface area is 112 Å². The topological polar surface area (TPSA) is 17.1 Å². The zero-order valence-electron chi connectivity index (χ0n) is 10.5. The summed E-state index contributed by atoms with van der Waals surface area (Å²) in [5, 5.41) is 3.27. The fourth-order valence-electron chi connectivity index (χ4n) is 2.98. The number of benzene rings is 1. The molecule has 1 nitrogen and oxygen atoms in total. The van der Waals surface area contributed by atoms with Gasteiger partial charge in [-0.2, -0.15) is 0 Å². The highest BCUT2D eigenvalue weighted by Crippen LogP contribution is 2.30. The van der Waals surface area contributed by atoms with Crippen LogP contribution in [0.2, 0.25) is 0 Å². The molecule has 1 fully saturated rings. The molecule has 1 aliphatic rings. The van der Waals surface area contributed by atoms with E-state index < -0.39 is 0 Å². The molecule has 1 aliphatic carbocycles. The predicted octanol–water partition coefficient (Wildman–Crippen LogP) is 5.05. The molecule has 0 unspecified atom stereocenters. The molecule has 1 saturated carbocycles. The molecule has 0 saturated heterocycles. The molecule has 1 aromatic carbocycles. The Kier molecular flexibility index (Phi) is 3.46. The highest BCUT2D eigenvalue weighted by Gasteiger charge is 2.17. The Balaban J connectivity index is 1.73. The third-order valence-corrected chi connectivity index (χ3v) is 5.00. The molecular formula is C16H18OS. The largest absolute Gasteiger partial charge is 0.294 e. The molecule has 0 spiro atoms. The average Bonchev–Trinajstić information content (AvgIpc) is 3.05. The third-order valence-electron chi connectivity index (χ3n) is 4.03. The Bertz CT molecular complexity index is 549. The van der Waals surface area contributed by atoms with Gasteiger partial charge in [0.1, 0.15) is 0 Å². The van der Waals surface area contributed by atoms with Crippen molar-refractivity contribution < 1.29 is 4.79 Å². The first-order chi connectivity index (χ1) is 8.84. The van der Waals surface area contributed by atoms with Gasteiger partial charge in [-0.3, -0.25) is 4.79 Å². The monoisotopic (exact) mass is 258 g/mol. The number of thiophene rings is 1. The van der Waals surface area contributed by atoms with Crippen molar-refractivity contribution in [3.63, 3.8) is 0 Å². The summed E-state index contributed by atoms with van der Waals surface area (Å²) in [5.41, 5.74) is 0.931.